The maximum absolute atomic E-state index is 14.3. The molecule has 3 aliphatic carbocycles. The van der Waals surface area contributed by atoms with Crippen LogP contribution in [0.25, 0.3) is 0 Å². The van der Waals surface area contributed by atoms with E-state index in [1.54, 1.807) is 62.4 Å². The fourth-order valence-electron chi connectivity index (χ4n) is 6.69. The van der Waals surface area contributed by atoms with E-state index in [9.17, 15) is 27.6 Å². The number of carbonyl (C=O) groups is 3. The predicted molar refractivity (Wildman–Crippen MR) is 149 cm³/mol. The first kappa shape index (κ1) is 28.1. The number of likely N-dealkylation sites (tertiary alicyclic amines) is 1. The van der Waals surface area contributed by atoms with E-state index in [0.717, 1.165) is 17.0 Å². The molecule has 7 rings (SSSR count). The lowest BCUT2D eigenvalue weighted by Crippen LogP contribution is -2.57. The van der Waals surface area contributed by atoms with Crippen molar-refractivity contribution in [3.05, 3.63) is 99.6 Å². The molecular weight excluding hydrogens is 600 g/mol. The van der Waals surface area contributed by atoms with E-state index in [4.69, 9.17) is 34.8 Å². The highest BCUT2D eigenvalue weighted by Gasteiger charge is 2.73. The van der Waals surface area contributed by atoms with Crippen LogP contribution in [0.15, 0.2) is 66.7 Å². The number of nitrogens with zero attached hydrogens (tertiary/aromatic N) is 1. The summed E-state index contributed by atoms with van der Waals surface area (Å²) in [6.07, 6.45) is -4.68. The largest absolute Gasteiger partial charge is 0.416 e. The second-order valence-electron chi connectivity index (χ2n) is 10.9. The van der Waals surface area contributed by atoms with E-state index in [2.05, 4.69) is 5.32 Å². The van der Waals surface area contributed by atoms with Crippen molar-refractivity contribution < 1.29 is 27.6 Å². The predicted octanol–water partition coefficient (Wildman–Crippen LogP) is 6.92. The van der Waals surface area contributed by atoms with Crippen molar-refractivity contribution in [1.82, 2.24) is 4.90 Å². The fraction of sp³-hybridized carbons (Fsp3) is 0.300. The van der Waals surface area contributed by atoms with Gasteiger partial charge in [0, 0.05) is 0 Å². The van der Waals surface area contributed by atoms with Crippen LogP contribution < -0.4 is 5.32 Å². The van der Waals surface area contributed by atoms with E-state index in [0.29, 0.717) is 28.3 Å². The molecule has 1 aliphatic heterocycles. The molecular formula is C30H22Cl3F3N2O3. The van der Waals surface area contributed by atoms with Crippen LogP contribution in [0.1, 0.15) is 41.7 Å². The lowest BCUT2D eigenvalue weighted by molar-refractivity contribution is -0.148. The minimum atomic E-state index is -4.68. The first-order chi connectivity index (χ1) is 19.2. The average Bonchev–Trinajstić information content (AvgIpc) is 3.19. The molecule has 0 aromatic heterocycles. The Bertz CT molecular complexity index is 1520. The molecule has 1 fully saturated rings. The molecule has 3 aromatic carbocycles. The van der Waals surface area contributed by atoms with Gasteiger partial charge in [-0.2, -0.15) is 13.2 Å². The maximum atomic E-state index is 14.3. The van der Waals surface area contributed by atoms with Gasteiger partial charge in [0.2, 0.25) is 17.7 Å². The van der Waals surface area contributed by atoms with Crippen molar-refractivity contribution in [3.8, 4) is 0 Å². The second kappa shape index (κ2) is 9.21. The summed E-state index contributed by atoms with van der Waals surface area (Å²) in [6.45, 7) is 3.26. The molecule has 1 N–H and O–H groups in total. The number of hydrogen-bond donors (Lipinski definition) is 1. The van der Waals surface area contributed by atoms with Gasteiger partial charge in [0.05, 0.1) is 28.1 Å². The molecule has 5 nitrogen and oxygen atoms in total. The normalized spacial score (nSPS) is 27.0. The third kappa shape index (κ3) is 3.73. The van der Waals surface area contributed by atoms with Crippen LogP contribution in [0.3, 0.4) is 0 Å². The molecule has 0 radical (unpaired) electrons. The first-order valence-electron chi connectivity index (χ1n) is 12.9. The van der Waals surface area contributed by atoms with Crippen molar-refractivity contribution in [2.75, 3.05) is 5.32 Å². The summed E-state index contributed by atoms with van der Waals surface area (Å²) in [5.74, 6) is -5.07. The average molecular weight is 622 g/mol. The van der Waals surface area contributed by atoms with E-state index >= 15 is 0 Å². The van der Waals surface area contributed by atoms with Gasteiger partial charge in [-0.1, -0.05) is 74.0 Å². The van der Waals surface area contributed by atoms with Gasteiger partial charge in [-0.3, -0.25) is 19.3 Å². The molecule has 0 spiro atoms. The number of imide groups is 1. The Morgan fingerprint density at radius 2 is 1.29 bits per heavy atom. The summed E-state index contributed by atoms with van der Waals surface area (Å²) in [4.78, 5) is 40.2. The number of benzene rings is 3. The lowest BCUT2D eigenvalue weighted by atomic mass is 9.54. The molecule has 3 amide bonds. The Morgan fingerprint density at radius 1 is 0.854 bits per heavy atom. The third-order valence-electron chi connectivity index (χ3n) is 8.35. The molecule has 3 atom stereocenters. The Kier molecular flexibility index (Phi) is 6.31. The Balaban J connectivity index is 1.45. The smallest absolute Gasteiger partial charge is 0.323 e. The summed E-state index contributed by atoms with van der Waals surface area (Å²) >= 11 is 21.0. The van der Waals surface area contributed by atoms with Crippen LogP contribution in [0.2, 0.25) is 5.02 Å². The highest BCUT2D eigenvalue weighted by molar-refractivity contribution is 6.36. The van der Waals surface area contributed by atoms with Gasteiger partial charge in [0.25, 0.3) is 0 Å². The van der Waals surface area contributed by atoms with Crippen LogP contribution in [-0.2, 0) is 30.3 Å². The van der Waals surface area contributed by atoms with Gasteiger partial charge in [-0.15, -0.1) is 23.2 Å². The number of carbonyl (C=O) groups excluding carboxylic acids is 3. The zero-order chi connectivity index (χ0) is 29.6. The molecule has 3 aromatic rings. The number of anilines is 1. The number of hydrogen-bond acceptors (Lipinski definition) is 3. The van der Waals surface area contributed by atoms with Crippen LogP contribution in [0.5, 0.6) is 0 Å². The minimum absolute atomic E-state index is 0.134. The molecule has 41 heavy (non-hydrogen) atoms. The van der Waals surface area contributed by atoms with Gasteiger partial charge < -0.3 is 5.32 Å². The lowest BCUT2D eigenvalue weighted by Gasteiger charge is -2.54. The zero-order valence-electron chi connectivity index (χ0n) is 21.6. The topological polar surface area (TPSA) is 66.5 Å². The van der Waals surface area contributed by atoms with Gasteiger partial charge >= 0.3 is 6.18 Å². The van der Waals surface area contributed by atoms with Crippen molar-refractivity contribution in [2.45, 2.75) is 35.8 Å². The monoisotopic (exact) mass is 620 g/mol. The minimum Gasteiger partial charge on any atom is -0.323 e. The fourth-order valence-corrected chi connectivity index (χ4v) is 7.95. The number of alkyl halides is 5. The molecule has 1 heterocycles. The van der Waals surface area contributed by atoms with E-state index in [1.807, 2.05) is 0 Å². The molecule has 1 saturated heterocycles. The molecule has 2 bridgehead atoms. The standard InChI is InChI=1S/C30H22Cl3F3N2O3/c1-14(2)24(25(39)37-21-13-15(30(34,35)36)11-12-20(21)31)38-26(40)22-23(27(38)41)29(33)17-8-4-3-7-16(17)28(22,32)18-9-5-6-10-19(18)29/h3-14,22-24H,1-2H3,(H,37,39)/t22-,23+,24-,28?,29?/m0/s1. The summed E-state index contributed by atoms with van der Waals surface area (Å²) in [5, 5.41) is 2.28. The van der Waals surface area contributed by atoms with Crippen molar-refractivity contribution in [3.63, 3.8) is 0 Å². The Hall–Kier alpha value is -3.07. The van der Waals surface area contributed by atoms with Crippen LogP contribution >= 0.6 is 34.8 Å². The highest BCUT2D eigenvalue weighted by Crippen LogP contribution is 2.69. The second-order valence-corrected chi connectivity index (χ2v) is 12.5. The SMILES string of the molecule is CC(C)[C@@H](C(=O)Nc1cc(C(F)(F)F)ccc1Cl)N1C(=O)[C@@H]2[C@H](C1=O)C1(Cl)c3ccccc3C2(Cl)c2ccccc21. The zero-order valence-corrected chi connectivity index (χ0v) is 23.9. The number of nitrogens with one attached hydrogen (secondary N) is 1. The number of rotatable bonds is 4. The summed E-state index contributed by atoms with van der Waals surface area (Å²) in [6, 6.07) is 15.4. The van der Waals surface area contributed by atoms with Crippen LogP contribution in [0.4, 0.5) is 18.9 Å². The Labute approximate surface area is 248 Å². The molecule has 212 valence electrons. The maximum Gasteiger partial charge on any atom is 0.416 e. The van der Waals surface area contributed by atoms with Crippen molar-refractivity contribution >= 4 is 58.2 Å². The Morgan fingerprint density at radius 3 is 1.68 bits per heavy atom. The van der Waals surface area contributed by atoms with E-state index in [-0.39, 0.29) is 10.7 Å². The van der Waals surface area contributed by atoms with Gasteiger partial charge in [-0.05, 0) is 46.4 Å². The van der Waals surface area contributed by atoms with Crippen LogP contribution in [0, 0.1) is 17.8 Å². The van der Waals surface area contributed by atoms with Gasteiger partial charge in [-0.25, -0.2) is 0 Å². The van der Waals surface area contributed by atoms with E-state index in [1.165, 1.54) is 0 Å². The van der Waals surface area contributed by atoms with Gasteiger partial charge in [0.1, 0.15) is 15.8 Å². The molecule has 0 saturated carbocycles. The molecule has 0 unspecified atom stereocenters. The number of amides is 3. The van der Waals surface area contributed by atoms with Gasteiger partial charge in [0.15, 0.2) is 0 Å². The quantitative estimate of drug-likeness (QED) is 0.254. The highest BCUT2D eigenvalue weighted by atomic mass is 35.5. The molecule has 11 heteroatoms. The summed E-state index contributed by atoms with van der Waals surface area (Å²) in [5.41, 5.74) is 1.14. The van der Waals surface area contributed by atoms with E-state index < -0.39 is 63.0 Å². The summed E-state index contributed by atoms with van der Waals surface area (Å²) < 4.78 is 40.0. The first-order valence-corrected chi connectivity index (χ1v) is 14.0. The summed E-state index contributed by atoms with van der Waals surface area (Å²) in [7, 11) is 0. The van der Waals surface area contributed by atoms with Crippen molar-refractivity contribution in [1.29, 1.82) is 0 Å². The molecule has 4 aliphatic rings. The van der Waals surface area contributed by atoms with Crippen LogP contribution in [-0.4, -0.2) is 28.7 Å². The number of halogens is 6. The third-order valence-corrected chi connectivity index (χ3v) is 9.96. The van der Waals surface area contributed by atoms with Crippen molar-refractivity contribution in [2.24, 2.45) is 17.8 Å².